The summed E-state index contributed by atoms with van der Waals surface area (Å²) in [6.07, 6.45) is 1.26. The summed E-state index contributed by atoms with van der Waals surface area (Å²) in [5.41, 5.74) is 4.71. The molecule has 0 aromatic carbocycles. The highest BCUT2D eigenvalue weighted by molar-refractivity contribution is 6.31. The number of carbonyl (C=O) groups is 3. The van der Waals surface area contributed by atoms with E-state index in [1.807, 2.05) is 0 Å². The number of Topliss-reactive ketones (excluding diaryl/α,β-unsaturated/α-hetero) is 1. The molecule has 57 heavy (non-hydrogen) atoms. The number of hydrogen-bond acceptors (Lipinski definition) is 15. The van der Waals surface area contributed by atoms with E-state index in [9.17, 15) is 45.0 Å². The van der Waals surface area contributed by atoms with Gasteiger partial charge < -0.3 is 64.8 Å². The van der Waals surface area contributed by atoms with Gasteiger partial charge in [0.05, 0.1) is 25.7 Å². The maximum atomic E-state index is 13.8. The van der Waals surface area contributed by atoms with Crippen LogP contribution in [0.1, 0.15) is 20.3 Å². The maximum absolute atomic E-state index is 13.8. The summed E-state index contributed by atoms with van der Waals surface area (Å²) in [7, 11) is 1.34. The summed E-state index contributed by atoms with van der Waals surface area (Å²) in [5.74, 6) is -3.84. The Balaban J connectivity index is 1.48. The highest BCUT2D eigenvalue weighted by Gasteiger charge is 2.56. The fourth-order valence-corrected chi connectivity index (χ4v) is 6.48. The van der Waals surface area contributed by atoms with Crippen LogP contribution in [0.2, 0.25) is 0 Å². The van der Waals surface area contributed by atoms with Gasteiger partial charge in [0.25, 0.3) is 5.91 Å². The number of aliphatic hydroxyl groups excluding tert-OH is 6. The standard InChI is InChI=1S/C38H48Cl2N2O15/c1-19(39)12-11-14-21(40)13-9-7-5-4-6-8-10-15-23(43)27-29(47)22(16-26(41)45)42(35(27)51)36-33(30(48)24(44)17-53-36)57-37-32(50)31(49)25(18-54-37)56-38-34(52-3)28(46)20(2)55-38/h4-15,20,22,24-25,28,30-34,36-38,43-44,46,48-50H,16-18H2,1-3H3,(H2,41,45)/b5-4+,8-6+,9-7+,14-11+,15-10+,19-12-,21-13-,27-23-/t20-,22+,24-,25-,28-,30-,31+,32+,33+,34+,36?,37+,38+/m1/s1. The monoisotopic (exact) mass is 842 g/mol. The Morgan fingerprint density at radius 3 is 2.16 bits per heavy atom. The lowest BCUT2D eigenvalue weighted by Gasteiger charge is -2.46. The van der Waals surface area contributed by atoms with Crippen LogP contribution in [0.4, 0.5) is 0 Å². The Morgan fingerprint density at radius 1 is 0.842 bits per heavy atom. The highest BCUT2D eigenvalue weighted by atomic mass is 35.5. The first-order chi connectivity index (χ1) is 27.1. The molecule has 4 aliphatic rings. The molecule has 0 saturated carbocycles. The molecule has 0 aromatic heterocycles. The van der Waals surface area contributed by atoms with Crippen LogP contribution in [0.3, 0.4) is 0 Å². The zero-order valence-corrected chi connectivity index (χ0v) is 32.7. The van der Waals surface area contributed by atoms with Crippen molar-refractivity contribution in [3.8, 4) is 0 Å². The molecule has 4 rings (SSSR count). The summed E-state index contributed by atoms with van der Waals surface area (Å²) in [4.78, 5) is 40.3. The summed E-state index contributed by atoms with van der Waals surface area (Å²) < 4.78 is 33.7. The van der Waals surface area contributed by atoms with Crippen LogP contribution in [-0.4, -0.2) is 153 Å². The van der Waals surface area contributed by atoms with Crippen LogP contribution in [-0.2, 0) is 42.8 Å². The van der Waals surface area contributed by atoms with E-state index in [2.05, 4.69) is 0 Å². The zero-order valence-electron chi connectivity index (χ0n) is 31.2. The fraction of sp³-hybridized carbons (Fsp3) is 0.500. The van der Waals surface area contributed by atoms with Gasteiger partial charge in [-0.3, -0.25) is 19.3 Å². The second kappa shape index (κ2) is 21.5. The summed E-state index contributed by atoms with van der Waals surface area (Å²) in [6.45, 7) is 2.37. The lowest BCUT2D eigenvalue weighted by Crippen LogP contribution is -2.65. The van der Waals surface area contributed by atoms with Crippen molar-refractivity contribution in [2.45, 2.75) is 100 Å². The third-order valence-corrected chi connectivity index (χ3v) is 9.58. The van der Waals surface area contributed by atoms with E-state index in [4.69, 9.17) is 57.4 Å². The molecule has 1 unspecified atom stereocenters. The van der Waals surface area contributed by atoms with Crippen molar-refractivity contribution in [3.05, 3.63) is 94.3 Å². The van der Waals surface area contributed by atoms with Crippen LogP contribution < -0.4 is 5.73 Å². The van der Waals surface area contributed by atoms with Gasteiger partial charge in [-0.25, -0.2) is 0 Å². The number of likely N-dealkylation sites (tertiary alicyclic amines) is 1. The molecule has 4 fully saturated rings. The van der Waals surface area contributed by atoms with E-state index in [0.29, 0.717) is 10.1 Å². The van der Waals surface area contributed by atoms with Gasteiger partial charge in [-0.15, -0.1) is 0 Å². The first kappa shape index (κ1) is 46.2. The molecule has 0 spiro atoms. The Hall–Kier alpha value is -3.53. The molecule has 0 aliphatic carbocycles. The lowest BCUT2D eigenvalue weighted by atomic mass is 10.0. The number of amides is 2. The minimum atomic E-state index is -1.85. The van der Waals surface area contributed by atoms with Crippen LogP contribution in [0, 0.1) is 0 Å². The minimum Gasteiger partial charge on any atom is -0.507 e. The predicted molar refractivity (Wildman–Crippen MR) is 203 cm³/mol. The van der Waals surface area contributed by atoms with E-state index in [1.165, 1.54) is 19.3 Å². The second-order valence-electron chi connectivity index (χ2n) is 13.3. The molecule has 4 saturated heterocycles. The molecule has 2 amide bonds. The number of halogens is 2. The van der Waals surface area contributed by atoms with Crippen molar-refractivity contribution in [1.82, 2.24) is 4.90 Å². The molecular formula is C38H48Cl2N2O15. The van der Waals surface area contributed by atoms with Crippen LogP contribution in [0.5, 0.6) is 0 Å². The molecule has 4 aliphatic heterocycles. The van der Waals surface area contributed by atoms with Gasteiger partial charge in [-0.2, -0.15) is 0 Å². The van der Waals surface area contributed by atoms with Crippen molar-refractivity contribution in [3.63, 3.8) is 0 Å². The normalized spacial score (nSPS) is 37.0. The van der Waals surface area contributed by atoms with E-state index in [-0.39, 0.29) is 0 Å². The van der Waals surface area contributed by atoms with Gasteiger partial charge >= 0.3 is 0 Å². The quantitative estimate of drug-likeness (QED) is 0.0514. The third-order valence-electron chi connectivity index (χ3n) is 9.21. The molecule has 8 N–H and O–H groups in total. The number of aliphatic hydroxyl groups is 6. The lowest BCUT2D eigenvalue weighted by molar-refractivity contribution is -0.338. The van der Waals surface area contributed by atoms with E-state index < -0.39 is 128 Å². The van der Waals surface area contributed by atoms with Gasteiger partial charge in [0, 0.05) is 17.2 Å². The van der Waals surface area contributed by atoms with Gasteiger partial charge in [0.2, 0.25) is 5.91 Å². The zero-order chi connectivity index (χ0) is 42.0. The molecule has 17 nitrogen and oxygen atoms in total. The number of ketones is 1. The Morgan fingerprint density at radius 2 is 1.51 bits per heavy atom. The first-order valence-electron chi connectivity index (χ1n) is 17.8. The number of ether oxygens (including phenoxy) is 6. The molecule has 19 heteroatoms. The molecule has 4 heterocycles. The highest BCUT2D eigenvalue weighted by Crippen LogP contribution is 2.35. The van der Waals surface area contributed by atoms with Crippen LogP contribution >= 0.6 is 23.2 Å². The van der Waals surface area contributed by atoms with E-state index >= 15 is 0 Å². The molecular weight excluding hydrogens is 795 g/mol. The van der Waals surface area contributed by atoms with E-state index in [1.54, 1.807) is 68.5 Å². The topological polar surface area (TPSA) is 257 Å². The molecule has 314 valence electrons. The number of methoxy groups -OCH3 is 1. The van der Waals surface area contributed by atoms with Crippen molar-refractivity contribution in [2.24, 2.45) is 5.73 Å². The summed E-state index contributed by atoms with van der Waals surface area (Å²) in [5, 5.41) is 65.7. The fourth-order valence-electron chi connectivity index (χ4n) is 6.26. The van der Waals surface area contributed by atoms with Crippen molar-refractivity contribution < 1.29 is 73.4 Å². The number of carbonyl (C=O) groups excluding carboxylic acids is 3. The number of allylic oxidation sites excluding steroid dienone is 14. The third kappa shape index (κ3) is 11.8. The Bertz CT molecular complexity index is 1690. The van der Waals surface area contributed by atoms with Crippen molar-refractivity contribution in [2.75, 3.05) is 20.3 Å². The maximum Gasteiger partial charge on any atom is 0.264 e. The van der Waals surface area contributed by atoms with Crippen molar-refractivity contribution in [1.29, 1.82) is 0 Å². The minimum absolute atomic E-state index is 0.405. The number of primary amides is 1. The Kier molecular flexibility index (Phi) is 17.4. The smallest absolute Gasteiger partial charge is 0.264 e. The molecule has 13 atom stereocenters. The largest absolute Gasteiger partial charge is 0.507 e. The van der Waals surface area contributed by atoms with Crippen LogP contribution in [0.25, 0.3) is 0 Å². The van der Waals surface area contributed by atoms with E-state index in [0.717, 1.165) is 11.0 Å². The Labute approximate surface area is 338 Å². The average molecular weight is 844 g/mol. The second-order valence-corrected chi connectivity index (χ2v) is 14.4. The molecule has 0 bridgehead atoms. The number of nitrogens with zero attached hydrogens (tertiary/aromatic N) is 1. The molecule has 0 aromatic rings. The molecule has 0 radical (unpaired) electrons. The first-order valence-corrected chi connectivity index (χ1v) is 18.6. The summed E-state index contributed by atoms with van der Waals surface area (Å²) in [6, 6.07) is -1.62. The van der Waals surface area contributed by atoms with Gasteiger partial charge in [-0.05, 0) is 38.2 Å². The van der Waals surface area contributed by atoms with Gasteiger partial charge in [0.1, 0.15) is 66.2 Å². The number of nitrogens with two attached hydrogens (primary N) is 1. The predicted octanol–water partition coefficient (Wildman–Crippen LogP) is 0.547. The number of rotatable bonds is 15. The van der Waals surface area contributed by atoms with Crippen LogP contribution in [0.15, 0.2) is 94.3 Å². The average Bonchev–Trinajstić information content (AvgIpc) is 3.56. The SMILES string of the molecule is CO[C@@H]1[C@H](O[C@@H]2CO[C@@H](O[C@@H]3C(N4C(=O)/C(=C(O)/C=C/C=C/C=C/C=C/C=C(Cl)/C=C/C=C(/C)Cl)C(=O)[C@@H]4CC(N)=O)OC[C@@H](O)[C@H]3O)[C@@H](O)[C@H]2O)O[C@H](C)[C@H]1O. The van der Waals surface area contributed by atoms with Gasteiger partial charge in [-0.1, -0.05) is 71.8 Å². The summed E-state index contributed by atoms with van der Waals surface area (Å²) >= 11 is 11.8. The number of hydrogen-bond donors (Lipinski definition) is 7. The van der Waals surface area contributed by atoms with Crippen molar-refractivity contribution >= 4 is 40.8 Å². The van der Waals surface area contributed by atoms with Gasteiger partial charge in [0.15, 0.2) is 24.6 Å².